The maximum Gasteiger partial charge on any atom is 0.264 e. The molecule has 0 radical (unpaired) electrons. The van der Waals surface area contributed by atoms with Crippen LogP contribution < -0.4 is 4.90 Å². The highest BCUT2D eigenvalue weighted by Gasteiger charge is 2.13. The van der Waals surface area contributed by atoms with Crippen molar-refractivity contribution < 1.29 is 25.2 Å². The van der Waals surface area contributed by atoms with Crippen LogP contribution in [0.25, 0.3) is 11.3 Å². The van der Waals surface area contributed by atoms with Crippen LogP contribution >= 0.6 is 22.9 Å². The Morgan fingerprint density at radius 2 is 1.57 bits per heavy atom. The van der Waals surface area contributed by atoms with Gasteiger partial charge in [0.2, 0.25) is 0 Å². The summed E-state index contributed by atoms with van der Waals surface area (Å²) in [6.45, 7) is 4.16. The van der Waals surface area contributed by atoms with Gasteiger partial charge in [0.05, 0.1) is 47.1 Å². The highest BCUT2D eigenvalue weighted by atomic mass is 35.5. The molecule has 3 aromatic rings. The SMILES string of the molecule is Cc1nc(-c2ccc(N=Cc3ccc(N(CCOS(C)(=O)=O)CCOS(C)(=O)=O)cc3Cl)cc2)c(C)s1. The summed E-state index contributed by atoms with van der Waals surface area (Å²) in [7, 11) is -7.23. The molecule has 0 unspecified atom stereocenters. The first-order valence-electron chi connectivity index (χ1n) is 11.1. The van der Waals surface area contributed by atoms with Gasteiger partial charge in [0, 0.05) is 41.0 Å². The zero-order chi connectivity index (χ0) is 27.2. The Morgan fingerprint density at radius 3 is 2.05 bits per heavy atom. The fourth-order valence-corrected chi connectivity index (χ4v) is 5.25. The minimum atomic E-state index is -3.61. The number of hydrogen-bond acceptors (Lipinski definition) is 10. The molecule has 0 fully saturated rings. The zero-order valence-corrected chi connectivity index (χ0v) is 24.0. The van der Waals surface area contributed by atoms with E-state index in [-0.39, 0.29) is 26.3 Å². The second-order valence-corrected chi connectivity index (χ2v) is 13.3. The summed E-state index contributed by atoms with van der Waals surface area (Å²) in [6.07, 6.45) is 3.58. The van der Waals surface area contributed by atoms with Gasteiger partial charge in [-0.3, -0.25) is 13.4 Å². The maximum atomic E-state index is 11.3. The van der Waals surface area contributed by atoms with Crippen LogP contribution in [0.15, 0.2) is 47.5 Å². The van der Waals surface area contributed by atoms with E-state index in [9.17, 15) is 16.8 Å². The zero-order valence-electron chi connectivity index (χ0n) is 20.8. The van der Waals surface area contributed by atoms with E-state index in [2.05, 4.69) is 16.9 Å². The number of halogens is 1. The Balaban J connectivity index is 1.72. The van der Waals surface area contributed by atoms with Gasteiger partial charge >= 0.3 is 0 Å². The topological polar surface area (TPSA) is 115 Å². The molecule has 0 N–H and O–H groups in total. The molecule has 0 bridgehead atoms. The molecule has 13 heteroatoms. The van der Waals surface area contributed by atoms with Crippen molar-refractivity contribution in [3.63, 3.8) is 0 Å². The first-order chi connectivity index (χ1) is 17.3. The van der Waals surface area contributed by atoms with Crippen LogP contribution in [-0.2, 0) is 28.6 Å². The largest absolute Gasteiger partial charge is 0.367 e. The lowest BCUT2D eigenvalue weighted by molar-refractivity contribution is 0.309. The molecule has 0 atom stereocenters. The van der Waals surface area contributed by atoms with Crippen molar-refractivity contribution in [1.82, 2.24) is 4.98 Å². The fourth-order valence-electron chi connectivity index (χ4n) is 3.43. The highest BCUT2D eigenvalue weighted by Crippen LogP contribution is 2.29. The smallest absolute Gasteiger partial charge is 0.264 e. The molecule has 9 nitrogen and oxygen atoms in total. The number of aromatic nitrogens is 1. The van der Waals surface area contributed by atoms with E-state index in [1.807, 2.05) is 31.2 Å². The number of benzene rings is 2. The second kappa shape index (κ2) is 12.5. The second-order valence-electron chi connectivity index (χ2n) is 8.19. The number of nitrogens with zero attached hydrogens (tertiary/aromatic N) is 3. The van der Waals surface area contributed by atoms with Crippen molar-refractivity contribution in [3.8, 4) is 11.3 Å². The maximum absolute atomic E-state index is 11.3. The third kappa shape index (κ3) is 9.47. The van der Waals surface area contributed by atoms with Crippen molar-refractivity contribution in [2.45, 2.75) is 13.8 Å². The van der Waals surface area contributed by atoms with Crippen LogP contribution in [0.1, 0.15) is 15.4 Å². The van der Waals surface area contributed by atoms with Crippen molar-refractivity contribution in [2.75, 3.05) is 43.7 Å². The summed E-state index contributed by atoms with van der Waals surface area (Å²) in [5, 5.41) is 1.45. The van der Waals surface area contributed by atoms with Gasteiger partial charge in [-0.05, 0) is 44.2 Å². The van der Waals surface area contributed by atoms with Crippen molar-refractivity contribution in [1.29, 1.82) is 0 Å². The van der Waals surface area contributed by atoms with Gasteiger partial charge in [-0.15, -0.1) is 11.3 Å². The van der Waals surface area contributed by atoms with Gasteiger partial charge < -0.3 is 4.90 Å². The number of anilines is 1. The van der Waals surface area contributed by atoms with Crippen LogP contribution in [0.5, 0.6) is 0 Å². The lowest BCUT2D eigenvalue weighted by atomic mass is 10.1. The molecule has 0 aliphatic heterocycles. The molecule has 2 aromatic carbocycles. The third-order valence-electron chi connectivity index (χ3n) is 5.06. The van der Waals surface area contributed by atoms with E-state index in [1.54, 1.807) is 40.7 Å². The first-order valence-corrected chi connectivity index (χ1v) is 16.0. The standard InChI is InChI=1S/C24H28ClN3O6S3/c1-17-24(27-18(2)35-17)19-5-8-21(9-6-19)26-16-20-7-10-22(15-23(20)25)28(11-13-33-36(3,29)30)12-14-34-37(4,31)32/h5-10,15-16H,11-14H2,1-4H3. The Bertz CT molecular complexity index is 1430. The minimum Gasteiger partial charge on any atom is -0.367 e. The van der Waals surface area contributed by atoms with Gasteiger partial charge in [0.1, 0.15) is 0 Å². The van der Waals surface area contributed by atoms with Crippen molar-refractivity contribution in [2.24, 2.45) is 4.99 Å². The predicted octanol–water partition coefficient (Wildman–Crippen LogP) is 4.59. The number of hydrogen-bond donors (Lipinski definition) is 0. The number of thiazole rings is 1. The van der Waals surface area contributed by atoms with E-state index < -0.39 is 20.2 Å². The van der Waals surface area contributed by atoms with Gasteiger partial charge in [-0.2, -0.15) is 16.8 Å². The molecule has 200 valence electrons. The van der Waals surface area contributed by atoms with E-state index in [0.29, 0.717) is 16.3 Å². The van der Waals surface area contributed by atoms with E-state index in [0.717, 1.165) is 34.5 Å². The molecule has 1 heterocycles. The molecule has 0 saturated carbocycles. The Kier molecular flexibility index (Phi) is 9.84. The summed E-state index contributed by atoms with van der Waals surface area (Å²) in [5.41, 5.74) is 4.09. The molecular formula is C24H28ClN3O6S3. The molecule has 37 heavy (non-hydrogen) atoms. The molecule has 0 aliphatic rings. The highest BCUT2D eigenvalue weighted by molar-refractivity contribution is 7.86. The number of rotatable bonds is 12. The quantitative estimate of drug-likeness (QED) is 0.224. The Hall–Kier alpha value is -2.35. The first kappa shape index (κ1) is 29.2. The van der Waals surface area contributed by atoms with E-state index in [1.165, 1.54) is 4.88 Å². The Labute approximate surface area is 227 Å². The molecule has 1 aromatic heterocycles. The average Bonchev–Trinajstić information content (AvgIpc) is 3.14. The summed E-state index contributed by atoms with van der Waals surface area (Å²) >= 11 is 8.16. The lowest BCUT2D eigenvalue weighted by Gasteiger charge is -2.24. The van der Waals surface area contributed by atoms with Crippen LogP contribution in [0.3, 0.4) is 0 Å². The summed E-state index contributed by atoms with van der Waals surface area (Å²) < 4.78 is 54.9. The third-order valence-corrected chi connectivity index (χ3v) is 7.47. The van der Waals surface area contributed by atoms with Crippen LogP contribution in [-0.4, -0.2) is 66.8 Å². The lowest BCUT2D eigenvalue weighted by Crippen LogP contribution is -2.32. The van der Waals surface area contributed by atoms with Crippen molar-refractivity contribution in [3.05, 3.63) is 62.9 Å². The average molecular weight is 586 g/mol. The molecular weight excluding hydrogens is 558 g/mol. The van der Waals surface area contributed by atoms with E-state index >= 15 is 0 Å². The number of aryl methyl sites for hydroxylation is 2. The molecule has 0 aliphatic carbocycles. The van der Waals surface area contributed by atoms with Gasteiger partial charge in [0.25, 0.3) is 20.2 Å². The normalized spacial score (nSPS) is 12.4. The Morgan fingerprint density at radius 1 is 0.973 bits per heavy atom. The van der Waals surface area contributed by atoms with Crippen LogP contribution in [0, 0.1) is 13.8 Å². The van der Waals surface area contributed by atoms with Gasteiger partial charge in [-0.1, -0.05) is 23.7 Å². The molecule has 0 spiro atoms. The van der Waals surface area contributed by atoms with Crippen LogP contribution in [0.2, 0.25) is 5.02 Å². The minimum absolute atomic E-state index is 0.117. The summed E-state index contributed by atoms with van der Waals surface area (Å²) in [4.78, 5) is 12.0. The molecule has 0 amide bonds. The summed E-state index contributed by atoms with van der Waals surface area (Å²) in [6, 6.07) is 13.0. The monoisotopic (exact) mass is 585 g/mol. The molecule has 0 saturated heterocycles. The van der Waals surface area contributed by atoms with Gasteiger partial charge in [0.15, 0.2) is 0 Å². The molecule has 3 rings (SSSR count). The number of aliphatic imine (C=N–C) groups is 1. The predicted molar refractivity (Wildman–Crippen MR) is 150 cm³/mol. The summed E-state index contributed by atoms with van der Waals surface area (Å²) in [5.74, 6) is 0. The fraction of sp³-hybridized carbons (Fsp3) is 0.333. The van der Waals surface area contributed by atoms with Crippen LogP contribution in [0.4, 0.5) is 11.4 Å². The van der Waals surface area contributed by atoms with Gasteiger partial charge in [-0.25, -0.2) is 4.98 Å². The van der Waals surface area contributed by atoms with E-state index in [4.69, 9.17) is 20.0 Å². The van der Waals surface area contributed by atoms with Crippen molar-refractivity contribution >= 4 is 60.8 Å².